The van der Waals surface area contributed by atoms with Crippen molar-refractivity contribution in [2.24, 2.45) is 5.73 Å². The Morgan fingerprint density at radius 2 is 1.91 bits per heavy atom. The Morgan fingerprint density at radius 1 is 1.24 bits per heavy atom. The Bertz CT molecular complexity index is 1010. The number of aromatic amines is 1. The number of hydrogen-bond donors (Lipinski definition) is 3. The van der Waals surface area contributed by atoms with Gasteiger partial charge in [0.1, 0.15) is 11.9 Å². The van der Waals surface area contributed by atoms with E-state index < -0.39 is 55.3 Å². The van der Waals surface area contributed by atoms with Crippen molar-refractivity contribution in [2.75, 3.05) is 20.3 Å². The summed E-state index contributed by atoms with van der Waals surface area (Å²) in [6.07, 6.45) is -12.2. The van der Waals surface area contributed by atoms with E-state index in [-0.39, 0.29) is 12.4 Å². The van der Waals surface area contributed by atoms with Crippen LogP contribution in [0.25, 0.3) is 11.0 Å². The number of carbonyl (C=O) groups excluding carboxylic acids is 1. The Balaban J connectivity index is 1.83. The van der Waals surface area contributed by atoms with Crippen molar-refractivity contribution in [1.82, 2.24) is 20.2 Å². The molecule has 14 heteroatoms. The summed E-state index contributed by atoms with van der Waals surface area (Å²) >= 11 is 0. The van der Waals surface area contributed by atoms with Crippen molar-refractivity contribution < 1.29 is 40.6 Å². The largest absolute Gasteiger partial charge is 0.414 e. The van der Waals surface area contributed by atoms with Gasteiger partial charge in [-0.3, -0.25) is 0 Å². The molecule has 2 aromatic rings. The zero-order valence-electron chi connectivity index (χ0n) is 18.5. The molecule has 8 nitrogen and oxygen atoms in total. The highest BCUT2D eigenvalue weighted by Gasteiger charge is 2.48. The smallest absolute Gasteiger partial charge is 0.382 e. The lowest BCUT2D eigenvalue weighted by Gasteiger charge is -2.27. The van der Waals surface area contributed by atoms with E-state index >= 15 is 0 Å². The lowest BCUT2D eigenvalue weighted by molar-refractivity contribution is -0.227. The number of hydrogen-bond acceptors (Lipinski definition) is 5. The van der Waals surface area contributed by atoms with Crippen LogP contribution in [0.1, 0.15) is 37.3 Å². The van der Waals surface area contributed by atoms with Gasteiger partial charge in [-0.1, -0.05) is 6.07 Å². The number of ether oxygens (including phenoxy) is 2. The number of alkyl halides is 6. The van der Waals surface area contributed by atoms with E-state index in [0.717, 1.165) is 11.8 Å². The lowest BCUT2D eigenvalue weighted by atomic mass is 10.1. The molecular formula is C20H25F6N5O3. The van der Waals surface area contributed by atoms with Crippen molar-refractivity contribution in [3.8, 4) is 0 Å². The van der Waals surface area contributed by atoms with E-state index in [0.29, 0.717) is 16.6 Å². The number of nitrogens with zero attached hydrogens (tertiary/aromatic N) is 2. The van der Waals surface area contributed by atoms with Gasteiger partial charge in [0.2, 0.25) is 0 Å². The quantitative estimate of drug-likeness (QED) is 0.484. The molecule has 190 valence electrons. The minimum atomic E-state index is -4.59. The molecule has 1 aliphatic rings. The van der Waals surface area contributed by atoms with Crippen LogP contribution < -0.4 is 11.1 Å². The molecule has 1 fully saturated rings. The van der Waals surface area contributed by atoms with Gasteiger partial charge < -0.3 is 30.4 Å². The number of aromatic nitrogens is 2. The predicted octanol–water partition coefficient (Wildman–Crippen LogP) is 3.56. The molecule has 4 N–H and O–H groups in total. The summed E-state index contributed by atoms with van der Waals surface area (Å²) in [6.45, 7) is 1.62. The molecule has 1 saturated heterocycles. The first-order valence-electron chi connectivity index (χ1n) is 10.3. The fraction of sp³-hybridized carbons (Fsp3) is 0.600. The molecule has 2 heterocycles. The van der Waals surface area contributed by atoms with Crippen LogP contribution in [0.15, 0.2) is 18.2 Å². The number of carbonyl (C=O) groups is 1. The van der Waals surface area contributed by atoms with Crippen LogP contribution in [0.2, 0.25) is 0 Å². The summed E-state index contributed by atoms with van der Waals surface area (Å²) in [6, 6.07) is 0.0351. The number of H-pyrrole nitrogens is 1. The van der Waals surface area contributed by atoms with Gasteiger partial charge in [0, 0.05) is 7.11 Å². The number of urea groups is 1. The monoisotopic (exact) mass is 497 g/mol. The zero-order valence-corrected chi connectivity index (χ0v) is 18.5. The zero-order chi connectivity index (χ0) is 25.4. The fourth-order valence-corrected chi connectivity index (χ4v) is 3.65. The van der Waals surface area contributed by atoms with Gasteiger partial charge in [-0.15, -0.1) is 0 Å². The molecule has 0 unspecified atom stereocenters. The Labute approximate surface area is 190 Å². The van der Waals surface area contributed by atoms with Crippen LogP contribution >= 0.6 is 0 Å². The summed E-state index contributed by atoms with van der Waals surface area (Å²) in [5.74, 6) is 0.174. The molecule has 0 saturated carbocycles. The van der Waals surface area contributed by atoms with E-state index in [2.05, 4.69) is 9.97 Å². The average molecular weight is 497 g/mol. The van der Waals surface area contributed by atoms with E-state index in [1.807, 2.05) is 5.32 Å². The summed E-state index contributed by atoms with van der Waals surface area (Å²) in [7, 11) is 1.36. The number of nitrogens with one attached hydrogen (secondary N) is 2. The topological polar surface area (TPSA) is 106 Å². The third-order valence-electron chi connectivity index (χ3n) is 5.64. The first kappa shape index (κ1) is 26.0. The molecule has 34 heavy (non-hydrogen) atoms. The van der Waals surface area contributed by atoms with Gasteiger partial charge in [-0.05, 0) is 31.5 Å². The number of benzene rings is 1. The number of imidazole rings is 1. The average Bonchev–Trinajstić information content (AvgIpc) is 3.33. The van der Waals surface area contributed by atoms with Crippen LogP contribution in [-0.4, -0.2) is 71.8 Å². The minimum absolute atomic E-state index is 0.0653. The molecule has 1 aromatic carbocycles. The predicted molar refractivity (Wildman–Crippen MR) is 109 cm³/mol. The molecule has 1 aromatic heterocycles. The van der Waals surface area contributed by atoms with E-state index in [9.17, 15) is 31.1 Å². The van der Waals surface area contributed by atoms with Gasteiger partial charge in [0.05, 0.1) is 42.4 Å². The van der Waals surface area contributed by atoms with Crippen LogP contribution in [0, 0.1) is 0 Å². The van der Waals surface area contributed by atoms with Gasteiger partial charge in [-0.2, -0.15) is 26.3 Å². The lowest BCUT2D eigenvalue weighted by Crippen LogP contribution is -2.40. The van der Waals surface area contributed by atoms with Gasteiger partial charge in [-0.25, -0.2) is 9.78 Å². The maximum Gasteiger partial charge on any atom is 0.414 e. The maximum atomic E-state index is 13.1. The van der Waals surface area contributed by atoms with E-state index in [1.165, 1.54) is 14.0 Å². The SMILES string of the molecule is COC[C@H](c1ccc2nc([C@@H](N)[C@@H](C)O[C@@H](C)C(F)(F)F)[nH]c2c1)N1C[C@@H](C(F)(F)F)NC1=O. The molecule has 1 aliphatic heterocycles. The van der Waals surface area contributed by atoms with Crippen molar-refractivity contribution >= 4 is 17.1 Å². The second-order valence-electron chi connectivity index (χ2n) is 8.12. The Morgan fingerprint density at radius 3 is 2.47 bits per heavy atom. The second kappa shape index (κ2) is 9.58. The first-order chi connectivity index (χ1) is 15.7. The summed E-state index contributed by atoms with van der Waals surface area (Å²) in [5.41, 5.74) is 7.39. The van der Waals surface area contributed by atoms with Crippen molar-refractivity contribution in [1.29, 1.82) is 0 Å². The number of halogens is 6. The summed E-state index contributed by atoms with van der Waals surface area (Å²) in [4.78, 5) is 20.5. The first-order valence-corrected chi connectivity index (χ1v) is 10.3. The van der Waals surface area contributed by atoms with Crippen molar-refractivity contribution in [3.05, 3.63) is 29.6 Å². The molecular weight excluding hydrogens is 472 g/mol. The highest BCUT2D eigenvalue weighted by molar-refractivity contribution is 5.79. The highest BCUT2D eigenvalue weighted by atomic mass is 19.4. The highest BCUT2D eigenvalue weighted by Crippen LogP contribution is 2.32. The second-order valence-corrected chi connectivity index (χ2v) is 8.12. The van der Waals surface area contributed by atoms with Gasteiger partial charge >= 0.3 is 18.4 Å². The Kier molecular flexibility index (Phi) is 7.34. The van der Waals surface area contributed by atoms with Crippen LogP contribution in [0.3, 0.4) is 0 Å². The molecule has 0 radical (unpaired) electrons. The number of amides is 2. The third-order valence-corrected chi connectivity index (χ3v) is 5.64. The standard InChI is InChI=1S/C20H25F6N5O3/c1-9(34-10(2)19(21,22)23)16(27)17-28-12-5-4-11(6-13(12)29-17)14(8-33-3)31-7-15(20(24,25)26)30-18(31)32/h4-6,9-10,14-16H,7-8,27H2,1-3H3,(H,28,29)(H,30,32)/t9-,10+,14-,15+,16+/m1/s1. The Hall–Kier alpha value is -2.58. The van der Waals surface area contributed by atoms with E-state index in [4.69, 9.17) is 15.2 Å². The minimum Gasteiger partial charge on any atom is -0.382 e. The summed E-state index contributed by atoms with van der Waals surface area (Å²) in [5, 5.41) is 1.92. The van der Waals surface area contributed by atoms with Crippen molar-refractivity contribution in [2.45, 2.75) is 56.5 Å². The van der Waals surface area contributed by atoms with Crippen LogP contribution in [0.5, 0.6) is 0 Å². The number of fused-ring (bicyclic) bond motifs is 1. The molecule has 2 amide bonds. The number of nitrogens with two attached hydrogens (primary N) is 1. The molecule has 0 bridgehead atoms. The maximum absolute atomic E-state index is 13.1. The fourth-order valence-electron chi connectivity index (χ4n) is 3.65. The third kappa shape index (κ3) is 5.55. The van der Waals surface area contributed by atoms with Crippen LogP contribution in [-0.2, 0) is 9.47 Å². The normalized spacial score (nSPS) is 20.9. The molecule has 5 atom stereocenters. The molecule has 3 rings (SSSR count). The number of rotatable bonds is 8. The van der Waals surface area contributed by atoms with Gasteiger partial charge in [0.25, 0.3) is 0 Å². The summed E-state index contributed by atoms with van der Waals surface area (Å²) < 4.78 is 87.7. The van der Waals surface area contributed by atoms with Crippen molar-refractivity contribution in [3.63, 3.8) is 0 Å². The van der Waals surface area contributed by atoms with Gasteiger partial charge in [0.15, 0.2) is 6.10 Å². The number of methoxy groups -OCH3 is 1. The molecule has 0 spiro atoms. The van der Waals surface area contributed by atoms with E-state index in [1.54, 1.807) is 18.2 Å². The molecule has 0 aliphatic carbocycles. The van der Waals surface area contributed by atoms with Crippen LogP contribution in [0.4, 0.5) is 31.1 Å².